The molecule has 1 atom stereocenters. The Kier molecular flexibility index (Phi) is 5.53. The maximum atomic E-state index is 13.0. The topological polar surface area (TPSA) is 67.0 Å². The number of hydrogen-bond acceptors (Lipinski definition) is 3. The molecule has 0 fully saturated rings. The molecule has 1 aromatic heterocycles. The Bertz CT molecular complexity index is 1580. The molecule has 0 radical (unpaired) electrons. The Morgan fingerprint density at radius 1 is 0.972 bits per heavy atom. The molecule has 0 bridgehead atoms. The van der Waals surface area contributed by atoms with E-state index in [1.54, 1.807) is 7.11 Å². The summed E-state index contributed by atoms with van der Waals surface area (Å²) in [7, 11) is 1.69. The molecule has 1 amide bonds. The summed E-state index contributed by atoms with van der Waals surface area (Å²) in [6.45, 7) is 2.03. The quantitative estimate of drug-likeness (QED) is 0.306. The van der Waals surface area contributed by atoms with E-state index in [2.05, 4.69) is 51.9 Å². The van der Waals surface area contributed by atoms with Crippen LogP contribution in [-0.2, 0) is 12.8 Å². The Labute approximate surface area is 210 Å². The second-order valence-electron chi connectivity index (χ2n) is 9.29. The van der Waals surface area contributed by atoms with E-state index in [4.69, 9.17) is 4.74 Å². The van der Waals surface area contributed by atoms with E-state index in [9.17, 15) is 4.79 Å². The number of nitrogens with zero attached hydrogens (tertiary/aromatic N) is 1. The van der Waals surface area contributed by atoms with Gasteiger partial charge in [-0.3, -0.25) is 9.89 Å². The molecule has 0 saturated heterocycles. The minimum atomic E-state index is -0.111. The highest BCUT2D eigenvalue weighted by Crippen LogP contribution is 2.38. The van der Waals surface area contributed by atoms with Crippen LogP contribution >= 0.6 is 0 Å². The summed E-state index contributed by atoms with van der Waals surface area (Å²) in [5.74, 6) is 0.787. The van der Waals surface area contributed by atoms with Crippen molar-refractivity contribution >= 4 is 16.7 Å². The van der Waals surface area contributed by atoms with Crippen LogP contribution in [0.2, 0.25) is 0 Å². The van der Waals surface area contributed by atoms with Crippen LogP contribution in [0.3, 0.4) is 0 Å². The summed E-state index contributed by atoms with van der Waals surface area (Å²) in [6.07, 6.45) is 1.85. The second kappa shape index (κ2) is 9.00. The van der Waals surface area contributed by atoms with Crippen molar-refractivity contribution in [3.05, 3.63) is 107 Å². The van der Waals surface area contributed by atoms with E-state index >= 15 is 0 Å². The number of aromatic amines is 1. The number of nitrogens with one attached hydrogen (secondary N) is 2. The van der Waals surface area contributed by atoms with Gasteiger partial charge in [0.15, 0.2) is 0 Å². The first-order chi connectivity index (χ1) is 17.6. The summed E-state index contributed by atoms with van der Waals surface area (Å²) in [5.41, 5.74) is 8.42. The number of carbonyl (C=O) groups excluding carboxylic acids is 1. The lowest BCUT2D eigenvalue weighted by molar-refractivity contribution is 0.0940. The van der Waals surface area contributed by atoms with Gasteiger partial charge in [0.1, 0.15) is 5.75 Å². The molecule has 0 aliphatic heterocycles. The smallest absolute Gasteiger partial charge is 0.251 e. The van der Waals surface area contributed by atoms with Crippen molar-refractivity contribution in [3.63, 3.8) is 0 Å². The molecule has 1 heterocycles. The zero-order valence-electron chi connectivity index (χ0n) is 20.3. The number of aromatic nitrogens is 2. The molecule has 1 aliphatic rings. The van der Waals surface area contributed by atoms with Crippen LogP contribution in [0.15, 0.2) is 84.9 Å². The van der Waals surface area contributed by atoms with E-state index < -0.39 is 0 Å². The molecule has 178 valence electrons. The largest absolute Gasteiger partial charge is 0.497 e. The standard InChI is InChI=1S/C31H27N3O2/c1-19(25-9-5-7-20-6-3-4-8-26(20)25)32-31(35)22-12-10-21(11-13-22)29-28-16-14-23-18-24(36-2)15-17-27(23)30(28)34-33-29/h3-13,15,17-19H,14,16H2,1-2H3,(H,32,35)(H,33,34). The first kappa shape index (κ1) is 22.1. The van der Waals surface area contributed by atoms with Crippen molar-refractivity contribution in [1.82, 2.24) is 15.5 Å². The number of fused-ring (bicyclic) bond motifs is 4. The number of methoxy groups -OCH3 is 1. The highest BCUT2D eigenvalue weighted by molar-refractivity contribution is 5.95. The van der Waals surface area contributed by atoms with Crippen LogP contribution < -0.4 is 10.1 Å². The minimum Gasteiger partial charge on any atom is -0.497 e. The van der Waals surface area contributed by atoms with Gasteiger partial charge in [-0.15, -0.1) is 0 Å². The molecular weight excluding hydrogens is 446 g/mol. The van der Waals surface area contributed by atoms with Crippen molar-refractivity contribution in [2.75, 3.05) is 7.11 Å². The number of benzene rings is 4. The van der Waals surface area contributed by atoms with Crippen LogP contribution in [0.4, 0.5) is 0 Å². The van der Waals surface area contributed by atoms with Crippen LogP contribution in [0.1, 0.15) is 40.0 Å². The predicted molar refractivity (Wildman–Crippen MR) is 143 cm³/mol. The van der Waals surface area contributed by atoms with Crippen molar-refractivity contribution in [2.24, 2.45) is 0 Å². The molecule has 1 aliphatic carbocycles. The third-order valence-corrected chi connectivity index (χ3v) is 7.15. The predicted octanol–water partition coefficient (Wildman–Crippen LogP) is 6.50. The summed E-state index contributed by atoms with van der Waals surface area (Å²) in [6, 6.07) is 28.3. The van der Waals surface area contributed by atoms with Crippen LogP contribution in [0.5, 0.6) is 5.75 Å². The number of H-pyrrole nitrogens is 1. The van der Waals surface area contributed by atoms with Gasteiger partial charge in [-0.25, -0.2) is 0 Å². The van der Waals surface area contributed by atoms with Crippen molar-refractivity contribution in [3.8, 4) is 28.3 Å². The van der Waals surface area contributed by atoms with E-state index in [0.29, 0.717) is 5.56 Å². The van der Waals surface area contributed by atoms with Gasteiger partial charge in [-0.2, -0.15) is 5.10 Å². The number of amides is 1. The monoisotopic (exact) mass is 473 g/mol. The molecule has 0 saturated carbocycles. The van der Waals surface area contributed by atoms with Crippen LogP contribution in [0, 0.1) is 0 Å². The highest BCUT2D eigenvalue weighted by Gasteiger charge is 2.23. The molecule has 36 heavy (non-hydrogen) atoms. The first-order valence-electron chi connectivity index (χ1n) is 12.3. The lowest BCUT2D eigenvalue weighted by Gasteiger charge is -2.18. The van der Waals surface area contributed by atoms with Crippen LogP contribution in [0.25, 0.3) is 33.3 Å². The number of carbonyl (C=O) groups is 1. The zero-order valence-corrected chi connectivity index (χ0v) is 20.3. The third-order valence-electron chi connectivity index (χ3n) is 7.15. The van der Waals surface area contributed by atoms with Gasteiger partial charge < -0.3 is 10.1 Å². The maximum Gasteiger partial charge on any atom is 0.251 e. The molecule has 2 N–H and O–H groups in total. The molecule has 5 nitrogen and oxygen atoms in total. The normalized spacial score (nSPS) is 13.1. The summed E-state index contributed by atoms with van der Waals surface area (Å²) in [4.78, 5) is 13.0. The van der Waals surface area contributed by atoms with Gasteiger partial charge in [0.2, 0.25) is 0 Å². The van der Waals surface area contributed by atoms with E-state index in [0.717, 1.165) is 46.5 Å². The second-order valence-corrected chi connectivity index (χ2v) is 9.29. The average Bonchev–Trinajstić information content (AvgIpc) is 3.37. The molecule has 6 rings (SSSR count). The SMILES string of the molecule is COc1ccc2c(c1)CCc1c(-c3ccc(C(=O)NC(C)c4cccc5ccccc45)cc3)n[nH]c1-2. The van der Waals surface area contributed by atoms with Gasteiger partial charge in [0.05, 0.1) is 24.5 Å². The molecular formula is C31H27N3O2. The Balaban J connectivity index is 1.22. The van der Waals surface area contributed by atoms with E-state index in [-0.39, 0.29) is 11.9 Å². The van der Waals surface area contributed by atoms with Crippen LogP contribution in [-0.4, -0.2) is 23.2 Å². The first-order valence-corrected chi connectivity index (χ1v) is 12.3. The van der Waals surface area contributed by atoms with E-state index in [1.807, 2.05) is 55.5 Å². The summed E-state index contributed by atoms with van der Waals surface area (Å²) < 4.78 is 5.38. The number of hydrogen-bond donors (Lipinski definition) is 2. The van der Waals surface area contributed by atoms with Crippen molar-refractivity contribution < 1.29 is 9.53 Å². The van der Waals surface area contributed by atoms with Gasteiger partial charge in [0.25, 0.3) is 5.91 Å². The van der Waals surface area contributed by atoms with Crippen molar-refractivity contribution in [1.29, 1.82) is 0 Å². The summed E-state index contributed by atoms with van der Waals surface area (Å²) in [5, 5.41) is 13.4. The van der Waals surface area contributed by atoms with Gasteiger partial charge >= 0.3 is 0 Å². The third kappa shape index (κ3) is 3.83. The lowest BCUT2D eigenvalue weighted by Crippen LogP contribution is -2.26. The molecule has 4 aromatic carbocycles. The van der Waals surface area contributed by atoms with Gasteiger partial charge in [-0.1, -0.05) is 54.6 Å². The lowest BCUT2D eigenvalue weighted by atomic mass is 9.87. The molecule has 0 spiro atoms. The van der Waals surface area contributed by atoms with Gasteiger partial charge in [-0.05, 0) is 72.0 Å². The Morgan fingerprint density at radius 3 is 2.61 bits per heavy atom. The number of aryl methyl sites for hydroxylation is 1. The number of rotatable bonds is 5. The maximum absolute atomic E-state index is 13.0. The molecule has 5 aromatic rings. The fraction of sp³-hybridized carbons (Fsp3) is 0.161. The van der Waals surface area contributed by atoms with E-state index in [1.165, 1.54) is 22.1 Å². The fourth-order valence-corrected chi connectivity index (χ4v) is 5.24. The Morgan fingerprint density at radius 2 is 1.78 bits per heavy atom. The summed E-state index contributed by atoms with van der Waals surface area (Å²) >= 11 is 0. The Hall–Kier alpha value is -4.38. The highest BCUT2D eigenvalue weighted by atomic mass is 16.5. The number of ether oxygens (including phenoxy) is 1. The van der Waals surface area contributed by atoms with Gasteiger partial charge in [0, 0.05) is 22.3 Å². The molecule has 5 heteroatoms. The fourth-order valence-electron chi connectivity index (χ4n) is 5.24. The molecule has 1 unspecified atom stereocenters. The van der Waals surface area contributed by atoms with Crippen molar-refractivity contribution in [2.45, 2.75) is 25.8 Å². The zero-order chi connectivity index (χ0) is 24.6. The minimum absolute atomic E-state index is 0.0890. The average molecular weight is 474 g/mol.